The number of rotatable bonds is 16. The highest BCUT2D eigenvalue weighted by atomic mass is 32.1. The molecule has 1 aromatic carbocycles. The molecule has 204 valence electrons. The van der Waals surface area contributed by atoms with Crippen LogP contribution in [0.2, 0.25) is 0 Å². The minimum Gasteiger partial charge on any atom is -0.480 e. The number of thiol groups is 1. The Balaban J connectivity index is 3.00. The highest BCUT2D eigenvalue weighted by Crippen LogP contribution is 2.06. The summed E-state index contributed by atoms with van der Waals surface area (Å²) >= 11 is 3.92. The highest BCUT2D eigenvalue weighted by Gasteiger charge is 2.31. The van der Waals surface area contributed by atoms with Crippen LogP contribution in [0.4, 0.5) is 0 Å². The third kappa shape index (κ3) is 12.1. The molecule has 0 bridgehead atoms. The first-order valence-electron chi connectivity index (χ1n) is 11.3. The summed E-state index contributed by atoms with van der Waals surface area (Å²) in [6.07, 6.45) is 0.00642. The van der Waals surface area contributed by atoms with Crippen LogP contribution in [0.5, 0.6) is 0 Å². The van der Waals surface area contributed by atoms with Gasteiger partial charge < -0.3 is 44.0 Å². The van der Waals surface area contributed by atoms with Crippen LogP contribution in [-0.2, 0) is 30.4 Å². The molecular weight excluding hydrogens is 504 g/mol. The average Bonchev–Trinajstić information content (AvgIpc) is 2.83. The van der Waals surface area contributed by atoms with Crippen molar-refractivity contribution < 1.29 is 29.1 Å². The summed E-state index contributed by atoms with van der Waals surface area (Å²) in [6, 6.07) is 3.63. The summed E-state index contributed by atoms with van der Waals surface area (Å²) < 4.78 is 0. The van der Waals surface area contributed by atoms with Gasteiger partial charge in [0.1, 0.15) is 18.1 Å². The van der Waals surface area contributed by atoms with Gasteiger partial charge in [-0.3, -0.25) is 24.2 Å². The molecule has 15 heteroatoms. The van der Waals surface area contributed by atoms with Crippen molar-refractivity contribution in [2.45, 2.75) is 49.9 Å². The number of amides is 4. The minimum atomic E-state index is -1.43. The second kappa shape index (κ2) is 16.0. The molecule has 0 aliphatic carbocycles. The maximum absolute atomic E-state index is 13.0. The highest BCUT2D eigenvalue weighted by molar-refractivity contribution is 7.80. The molecule has 1 rings (SSSR count). The summed E-state index contributed by atoms with van der Waals surface area (Å²) in [5.74, 6) is -4.87. The lowest BCUT2D eigenvalue weighted by Crippen LogP contribution is -2.58. The van der Waals surface area contributed by atoms with Crippen LogP contribution in [0, 0.1) is 0 Å². The number of benzene rings is 1. The molecule has 0 aliphatic rings. The molecule has 4 atom stereocenters. The van der Waals surface area contributed by atoms with Crippen molar-refractivity contribution in [1.29, 1.82) is 0 Å². The summed E-state index contributed by atoms with van der Waals surface area (Å²) in [6.45, 7) is 0.244. The van der Waals surface area contributed by atoms with Gasteiger partial charge in [0.25, 0.3) is 0 Å². The molecular formula is C22H34N8O6S. The smallest absolute Gasteiger partial charge is 0.327 e. The van der Waals surface area contributed by atoms with E-state index < -0.39 is 60.2 Å². The lowest BCUT2D eigenvalue weighted by atomic mass is 10.0. The zero-order valence-electron chi connectivity index (χ0n) is 20.1. The third-order valence-corrected chi connectivity index (χ3v) is 5.42. The molecule has 0 aliphatic heterocycles. The summed E-state index contributed by atoms with van der Waals surface area (Å²) in [5, 5.41) is 16.4. The first-order chi connectivity index (χ1) is 17.4. The SMILES string of the molecule is NC(=O)CC(NC(=O)C(N)CCCN=C(N)N)C(=O)NC(Cc1ccccc1)C(=O)NC(CS)C(=O)O. The van der Waals surface area contributed by atoms with Crippen LogP contribution in [0.3, 0.4) is 0 Å². The van der Waals surface area contributed by atoms with E-state index in [9.17, 15) is 29.1 Å². The van der Waals surface area contributed by atoms with Gasteiger partial charge in [0.15, 0.2) is 5.96 Å². The Morgan fingerprint density at radius 2 is 1.46 bits per heavy atom. The fourth-order valence-electron chi connectivity index (χ4n) is 3.13. The standard InChI is InChI=1S/C22H34N8O6S/c23-13(7-4-8-27-22(25)26)18(32)28-15(10-17(24)31)20(34)29-14(9-12-5-2-1-3-6-12)19(33)30-16(11-37)21(35)36/h1-3,5-6,13-16,37H,4,7-11,23H2,(H2,24,31)(H,28,32)(H,29,34)(H,30,33)(H,35,36)(H4,25,26,27). The summed E-state index contributed by atoms with van der Waals surface area (Å²) in [4.78, 5) is 65.1. The summed E-state index contributed by atoms with van der Waals surface area (Å²) in [5.41, 5.74) is 22.3. The second-order valence-electron chi connectivity index (χ2n) is 8.12. The monoisotopic (exact) mass is 538 g/mol. The van der Waals surface area contributed by atoms with Crippen molar-refractivity contribution >= 4 is 48.2 Å². The largest absolute Gasteiger partial charge is 0.480 e. The van der Waals surface area contributed by atoms with E-state index in [-0.39, 0.29) is 31.1 Å². The number of nitrogens with one attached hydrogen (secondary N) is 3. The zero-order chi connectivity index (χ0) is 28.0. The molecule has 1 aromatic rings. The van der Waals surface area contributed by atoms with E-state index in [1.54, 1.807) is 30.3 Å². The zero-order valence-corrected chi connectivity index (χ0v) is 21.0. The first-order valence-corrected chi connectivity index (χ1v) is 12.0. The van der Waals surface area contributed by atoms with Gasteiger partial charge in [-0.05, 0) is 18.4 Å². The molecule has 0 heterocycles. The van der Waals surface area contributed by atoms with E-state index in [2.05, 4.69) is 33.6 Å². The number of nitrogens with zero attached hydrogens (tertiary/aromatic N) is 1. The second-order valence-corrected chi connectivity index (χ2v) is 8.48. The minimum absolute atomic E-state index is 0.00112. The molecule has 0 saturated carbocycles. The predicted octanol–water partition coefficient (Wildman–Crippen LogP) is -3.05. The first kappa shape index (κ1) is 31.2. The van der Waals surface area contributed by atoms with Crippen molar-refractivity contribution in [1.82, 2.24) is 16.0 Å². The summed E-state index contributed by atoms with van der Waals surface area (Å²) in [7, 11) is 0. The molecule has 0 aromatic heterocycles. The van der Waals surface area contributed by atoms with Crippen molar-refractivity contribution in [3.63, 3.8) is 0 Å². The average molecular weight is 539 g/mol. The molecule has 37 heavy (non-hydrogen) atoms. The number of primary amides is 1. The molecule has 14 nitrogen and oxygen atoms in total. The van der Waals surface area contributed by atoms with Gasteiger partial charge in [0.05, 0.1) is 12.5 Å². The van der Waals surface area contributed by atoms with E-state index in [1.807, 2.05) is 0 Å². The number of hydrogen-bond donors (Lipinski definition) is 9. The number of nitrogens with two attached hydrogens (primary N) is 4. The Kier molecular flexibility index (Phi) is 13.5. The van der Waals surface area contributed by atoms with Gasteiger partial charge in [0, 0.05) is 18.7 Å². The Hall–Kier alpha value is -3.85. The molecule has 0 radical (unpaired) electrons. The molecule has 4 amide bonds. The maximum Gasteiger partial charge on any atom is 0.327 e. The molecule has 4 unspecified atom stereocenters. The van der Waals surface area contributed by atoms with Gasteiger partial charge in [0.2, 0.25) is 23.6 Å². The van der Waals surface area contributed by atoms with Gasteiger partial charge in [-0.15, -0.1) is 0 Å². The molecule has 0 fully saturated rings. The van der Waals surface area contributed by atoms with E-state index in [4.69, 9.17) is 22.9 Å². The number of carbonyl (C=O) groups is 5. The van der Waals surface area contributed by atoms with Crippen LogP contribution < -0.4 is 38.9 Å². The van der Waals surface area contributed by atoms with E-state index in [0.29, 0.717) is 12.0 Å². The number of aliphatic carboxylic acids is 1. The van der Waals surface area contributed by atoms with Crippen LogP contribution in [0.1, 0.15) is 24.8 Å². The topological polar surface area (TPSA) is 258 Å². The van der Waals surface area contributed by atoms with Crippen LogP contribution in [0.25, 0.3) is 0 Å². The van der Waals surface area contributed by atoms with E-state index >= 15 is 0 Å². The fourth-order valence-corrected chi connectivity index (χ4v) is 3.38. The normalized spacial score (nSPS) is 13.8. The molecule has 0 spiro atoms. The fraction of sp³-hybridized carbons (Fsp3) is 0.455. The predicted molar refractivity (Wildman–Crippen MR) is 139 cm³/mol. The van der Waals surface area contributed by atoms with E-state index in [0.717, 1.165) is 0 Å². The van der Waals surface area contributed by atoms with Crippen molar-refractivity contribution in [2.75, 3.05) is 12.3 Å². The number of guanidine groups is 1. The van der Waals surface area contributed by atoms with Gasteiger partial charge >= 0.3 is 5.97 Å². The van der Waals surface area contributed by atoms with Gasteiger partial charge in [-0.25, -0.2) is 4.79 Å². The number of aliphatic imine (C=N–C) groups is 1. The molecule has 12 N–H and O–H groups in total. The number of carboxylic acid groups (broad SMARTS) is 1. The lowest BCUT2D eigenvalue weighted by molar-refractivity contribution is -0.141. The lowest BCUT2D eigenvalue weighted by Gasteiger charge is -2.24. The quantitative estimate of drug-likeness (QED) is 0.0447. The van der Waals surface area contributed by atoms with Crippen molar-refractivity contribution in [3.8, 4) is 0 Å². The van der Waals surface area contributed by atoms with Crippen LogP contribution in [-0.4, -0.2) is 77.1 Å². The van der Waals surface area contributed by atoms with Crippen LogP contribution in [0.15, 0.2) is 35.3 Å². The van der Waals surface area contributed by atoms with Crippen molar-refractivity contribution in [3.05, 3.63) is 35.9 Å². The van der Waals surface area contributed by atoms with Crippen LogP contribution >= 0.6 is 12.6 Å². The van der Waals surface area contributed by atoms with Gasteiger partial charge in [-0.1, -0.05) is 30.3 Å². The van der Waals surface area contributed by atoms with Crippen molar-refractivity contribution in [2.24, 2.45) is 27.9 Å². The number of carboxylic acids is 1. The number of carbonyl (C=O) groups excluding carboxylic acids is 4. The maximum atomic E-state index is 13.0. The number of hydrogen-bond acceptors (Lipinski definition) is 8. The Morgan fingerprint density at radius 3 is 2.00 bits per heavy atom. The van der Waals surface area contributed by atoms with E-state index in [1.165, 1.54) is 0 Å². The molecule has 0 saturated heterocycles. The Morgan fingerprint density at radius 1 is 0.892 bits per heavy atom. The Labute approximate surface area is 219 Å². The Bertz CT molecular complexity index is 973. The third-order valence-electron chi connectivity index (χ3n) is 5.06. The van der Waals surface area contributed by atoms with Gasteiger partial charge in [-0.2, -0.15) is 12.6 Å².